The molecule has 1 aliphatic carbocycles. The van der Waals surface area contributed by atoms with Gasteiger partial charge in [0, 0.05) is 32.5 Å². The van der Waals surface area contributed by atoms with Crippen LogP contribution in [0.15, 0.2) is 90.1 Å². The maximum atomic E-state index is 12.3. The summed E-state index contributed by atoms with van der Waals surface area (Å²) in [5.74, 6) is 1.98. The molecule has 2 aliphatic rings. The van der Waals surface area contributed by atoms with Gasteiger partial charge in [-0.25, -0.2) is 9.59 Å². The van der Waals surface area contributed by atoms with Crippen LogP contribution in [0.25, 0.3) is 11.6 Å². The van der Waals surface area contributed by atoms with E-state index in [1.165, 1.54) is 12.0 Å². The molecular weight excluding hydrogens is 584 g/mol. The molecule has 9 nitrogen and oxygen atoms in total. The zero-order valence-electron chi connectivity index (χ0n) is 26.2. The Morgan fingerprint density at radius 3 is 2.50 bits per heavy atom. The Bertz CT molecular complexity index is 1560. The molecule has 1 N–H and O–H groups in total. The van der Waals surface area contributed by atoms with E-state index in [2.05, 4.69) is 11.1 Å². The van der Waals surface area contributed by atoms with E-state index in [0.717, 1.165) is 34.4 Å². The number of fused-ring (bicyclic) bond motifs is 1. The first kappa shape index (κ1) is 32.7. The van der Waals surface area contributed by atoms with Gasteiger partial charge in [0.25, 0.3) is 0 Å². The number of methoxy groups -OCH3 is 1. The average molecular weight is 625 g/mol. The van der Waals surface area contributed by atoms with Crippen molar-refractivity contribution in [2.45, 2.75) is 31.5 Å². The van der Waals surface area contributed by atoms with Crippen LogP contribution in [0.3, 0.4) is 0 Å². The lowest BCUT2D eigenvalue weighted by atomic mass is 9.72. The molecule has 0 saturated carbocycles. The first-order valence-corrected chi connectivity index (χ1v) is 15.5. The predicted octanol–water partition coefficient (Wildman–Crippen LogP) is 6.33. The first-order valence-electron chi connectivity index (χ1n) is 15.5. The molecule has 5 rings (SSSR count). The summed E-state index contributed by atoms with van der Waals surface area (Å²) in [5.41, 5.74) is 4.80. The highest BCUT2D eigenvalue weighted by Gasteiger charge is 2.43. The summed E-state index contributed by atoms with van der Waals surface area (Å²) in [7, 11) is 3.03. The number of rotatable bonds is 13. The van der Waals surface area contributed by atoms with Gasteiger partial charge >= 0.3 is 6.09 Å². The quantitative estimate of drug-likeness (QED) is 0.103. The Balaban J connectivity index is 1.31. The van der Waals surface area contributed by atoms with Gasteiger partial charge in [0.15, 0.2) is 0 Å². The Kier molecular flexibility index (Phi) is 11.4. The number of amides is 1. The number of carboxylic acid groups (broad SMARTS) is 1. The molecule has 3 aromatic carbocycles. The van der Waals surface area contributed by atoms with Gasteiger partial charge in [0.1, 0.15) is 24.9 Å². The zero-order chi connectivity index (χ0) is 32.3. The van der Waals surface area contributed by atoms with Crippen LogP contribution in [0.1, 0.15) is 41.0 Å². The van der Waals surface area contributed by atoms with Gasteiger partial charge in [-0.15, -0.1) is 0 Å². The summed E-state index contributed by atoms with van der Waals surface area (Å²) >= 11 is 0. The maximum absolute atomic E-state index is 12.3. The molecular formula is C37H40N2O7. The van der Waals surface area contributed by atoms with Crippen molar-refractivity contribution >= 4 is 29.4 Å². The Morgan fingerprint density at radius 1 is 1.02 bits per heavy atom. The van der Waals surface area contributed by atoms with Crippen molar-refractivity contribution in [3.05, 3.63) is 107 Å². The van der Waals surface area contributed by atoms with Gasteiger partial charge in [-0.2, -0.15) is 0 Å². The van der Waals surface area contributed by atoms with Crippen LogP contribution in [0.2, 0.25) is 0 Å². The van der Waals surface area contributed by atoms with Crippen molar-refractivity contribution in [1.29, 1.82) is 0 Å². The first-order chi connectivity index (χ1) is 22.5. The maximum Gasteiger partial charge on any atom is 0.407 e. The highest BCUT2D eigenvalue weighted by Crippen LogP contribution is 2.40. The van der Waals surface area contributed by atoms with E-state index < -0.39 is 18.1 Å². The Hall–Kier alpha value is -4.69. The fraction of sp³-hybridized carbons (Fsp3) is 0.351. The molecule has 240 valence electrons. The van der Waals surface area contributed by atoms with Gasteiger partial charge in [-0.1, -0.05) is 84.0 Å². The van der Waals surface area contributed by atoms with E-state index in [9.17, 15) is 14.7 Å². The second-order valence-electron chi connectivity index (χ2n) is 11.4. The summed E-state index contributed by atoms with van der Waals surface area (Å²) in [6.07, 6.45) is 3.57. The number of nitrogens with zero attached hydrogens (tertiary/aromatic N) is 2. The Morgan fingerprint density at radius 2 is 1.78 bits per heavy atom. The third kappa shape index (κ3) is 7.74. The lowest BCUT2D eigenvalue weighted by Gasteiger charge is -2.42. The molecule has 0 radical (unpaired) electrons. The molecule has 1 amide bonds. The minimum absolute atomic E-state index is 0.0495. The van der Waals surface area contributed by atoms with Crippen LogP contribution < -0.4 is 4.74 Å². The molecule has 4 atom stereocenters. The van der Waals surface area contributed by atoms with Gasteiger partial charge in [-0.3, -0.25) is 0 Å². The molecule has 1 aliphatic heterocycles. The topological polar surface area (TPSA) is 107 Å². The number of hydrogen-bond acceptors (Lipinski definition) is 7. The number of hydrogen-bond donors (Lipinski definition) is 1. The van der Waals surface area contributed by atoms with Crippen LogP contribution in [-0.4, -0.2) is 74.4 Å². The fourth-order valence-electron chi connectivity index (χ4n) is 6.43. The third-order valence-corrected chi connectivity index (χ3v) is 8.64. The van der Waals surface area contributed by atoms with Gasteiger partial charge in [0.2, 0.25) is 0 Å². The molecule has 0 spiro atoms. The van der Waals surface area contributed by atoms with Crippen molar-refractivity contribution in [1.82, 2.24) is 4.90 Å². The fourth-order valence-corrected chi connectivity index (χ4v) is 6.43. The van der Waals surface area contributed by atoms with Gasteiger partial charge in [-0.05, 0) is 46.7 Å². The summed E-state index contributed by atoms with van der Waals surface area (Å²) in [5, 5.41) is 14.3. The van der Waals surface area contributed by atoms with E-state index >= 15 is 0 Å². The van der Waals surface area contributed by atoms with Crippen molar-refractivity contribution in [2.24, 2.45) is 17.0 Å². The minimum atomic E-state index is -0.986. The van der Waals surface area contributed by atoms with Crippen LogP contribution in [0, 0.1) is 11.8 Å². The number of oxime groups is 1. The predicted molar refractivity (Wildman–Crippen MR) is 176 cm³/mol. The lowest BCUT2D eigenvalue weighted by molar-refractivity contribution is 0.0398. The molecule has 1 fully saturated rings. The monoisotopic (exact) mass is 624 g/mol. The van der Waals surface area contributed by atoms with E-state index in [0.29, 0.717) is 44.1 Å². The van der Waals surface area contributed by atoms with Gasteiger partial charge in [0.05, 0.1) is 37.0 Å². The number of ether oxygens (including phenoxy) is 3. The molecule has 4 unspecified atom stereocenters. The molecule has 1 heterocycles. The summed E-state index contributed by atoms with van der Waals surface area (Å²) in [6.45, 7) is 2.33. The van der Waals surface area contributed by atoms with Gasteiger partial charge < -0.3 is 29.1 Å². The largest absolute Gasteiger partial charge is 0.494 e. The molecule has 46 heavy (non-hydrogen) atoms. The minimum Gasteiger partial charge on any atom is -0.494 e. The highest BCUT2D eigenvalue weighted by atomic mass is 16.6. The Labute approximate surface area is 269 Å². The standard InChI is InChI=1S/C37H40N2O7/c1-43-36(35(38-44-2)32-18-15-27-11-6-7-12-30(27)34(32)24-40)33-23-39(37(41)42)20-19-31(33)28-13-16-29(17-14-28)46-22-8-21-45-25-26-9-4-3-5-10-26/h3-7,9-18,31-33,36H,8,19-23,25H2,1-2H3,(H,41,42). The van der Waals surface area contributed by atoms with E-state index in [1.54, 1.807) is 7.11 Å². The van der Waals surface area contributed by atoms with Crippen LogP contribution in [0.4, 0.5) is 4.79 Å². The van der Waals surface area contributed by atoms with E-state index in [4.69, 9.17) is 19.0 Å². The SMILES string of the molecule is CON=C(C1C=Cc2ccccc2C1=C=O)C(OC)C1CN(C(=O)O)CCC1c1ccc(OCCCOCc2ccccc2)cc1. The smallest absolute Gasteiger partial charge is 0.407 e. The van der Waals surface area contributed by atoms with Crippen molar-refractivity contribution in [3.63, 3.8) is 0 Å². The summed E-state index contributed by atoms with van der Waals surface area (Å²) in [4.78, 5) is 31.2. The number of allylic oxidation sites excluding steroid dienone is 2. The normalized spacial score (nSPS) is 20.0. The summed E-state index contributed by atoms with van der Waals surface area (Å²) < 4.78 is 17.8. The zero-order valence-corrected chi connectivity index (χ0v) is 26.2. The van der Waals surface area contributed by atoms with E-state index in [1.807, 2.05) is 91.0 Å². The van der Waals surface area contributed by atoms with Crippen molar-refractivity contribution in [2.75, 3.05) is 40.5 Å². The third-order valence-electron chi connectivity index (χ3n) is 8.64. The number of carbonyl (C=O) groups is 1. The number of likely N-dealkylation sites (tertiary alicyclic amines) is 1. The van der Waals surface area contributed by atoms with Crippen LogP contribution in [0.5, 0.6) is 5.75 Å². The van der Waals surface area contributed by atoms with Crippen LogP contribution in [-0.2, 0) is 25.7 Å². The highest BCUT2D eigenvalue weighted by molar-refractivity contribution is 6.09. The van der Waals surface area contributed by atoms with E-state index in [-0.39, 0.29) is 18.4 Å². The second kappa shape index (κ2) is 16.0. The van der Waals surface area contributed by atoms with Crippen molar-refractivity contribution < 1.29 is 33.7 Å². The van der Waals surface area contributed by atoms with Crippen molar-refractivity contribution in [3.8, 4) is 5.75 Å². The number of piperidine rings is 1. The second-order valence-corrected chi connectivity index (χ2v) is 11.4. The molecule has 0 aromatic heterocycles. The average Bonchev–Trinajstić information content (AvgIpc) is 3.10. The molecule has 3 aromatic rings. The van der Waals surface area contributed by atoms with Crippen LogP contribution >= 0.6 is 0 Å². The molecule has 9 heteroatoms. The number of carbonyl (C=O) groups excluding carboxylic acids is 1. The molecule has 0 bridgehead atoms. The summed E-state index contributed by atoms with van der Waals surface area (Å²) in [6, 6.07) is 25.6. The molecule has 1 saturated heterocycles. The number of benzene rings is 3. The lowest BCUT2D eigenvalue weighted by Crippen LogP contribution is -2.50.